The normalized spacial score (nSPS) is 35.9. The number of aliphatic hydroxyl groups is 3. The first-order chi connectivity index (χ1) is 28.1. The predicted molar refractivity (Wildman–Crippen MR) is 207 cm³/mol. The van der Waals surface area contributed by atoms with Gasteiger partial charge in [0.2, 0.25) is 0 Å². The minimum atomic E-state index is -1.49. The molecule has 58 heavy (non-hydrogen) atoms. The van der Waals surface area contributed by atoms with E-state index in [1.54, 1.807) is 18.2 Å². The van der Waals surface area contributed by atoms with E-state index in [9.17, 15) is 24.9 Å². The van der Waals surface area contributed by atoms with Crippen LogP contribution in [0.1, 0.15) is 51.2 Å². The van der Waals surface area contributed by atoms with Crippen molar-refractivity contribution in [3.05, 3.63) is 96.1 Å². The summed E-state index contributed by atoms with van der Waals surface area (Å²) < 4.78 is 48.5. The third-order valence-electron chi connectivity index (χ3n) is 10.7. The van der Waals surface area contributed by atoms with Crippen LogP contribution in [-0.4, -0.2) is 120 Å². The van der Waals surface area contributed by atoms with Gasteiger partial charge in [0.25, 0.3) is 0 Å². The van der Waals surface area contributed by atoms with Crippen molar-refractivity contribution in [2.75, 3.05) is 6.61 Å². The number of aliphatic hydroxyl groups excluding tert-OH is 3. The zero-order valence-corrected chi connectivity index (χ0v) is 33.0. The first-order valence-electron chi connectivity index (χ1n) is 20.0. The van der Waals surface area contributed by atoms with Gasteiger partial charge in [-0.2, -0.15) is 0 Å². The Balaban J connectivity index is 1.13. The highest BCUT2D eigenvalue weighted by atomic mass is 16.8. The molecule has 318 valence electrons. The maximum absolute atomic E-state index is 12.9. The Bertz CT molecular complexity index is 1650. The molecule has 0 radical (unpaired) electrons. The van der Waals surface area contributed by atoms with Crippen molar-refractivity contribution in [1.82, 2.24) is 10.6 Å². The number of hydrogen-bond donors (Lipinski definition) is 6. The van der Waals surface area contributed by atoms with Crippen LogP contribution in [0.2, 0.25) is 0 Å². The summed E-state index contributed by atoms with van der Waals surface area (Å²) in [7, 11) is 0. The average Bonchev–Trinajstić information content (AvgIpc) is 3.54. The Labute approximate surface area is 338 Å². The van der Waals surface area contributed by atoms with Crippen LogP contribution in [-0.2, 0) is 51.1 Å². The van der Waals surface area contributed by atoms with Gasteiger partial charge in [0.05, 0.1) is 31.0 Å². The maximum atomic E-state index is 12.9. The van der Waals surface area contributed by atoms with E-state index in [1.807, 2.05) is 87.5 Å². The molecule has 1 saturated heterocycles. The van der Waals surface area contributed by atoms with E-state index in [0.717, 1.165) is 11.1 Å². The number of alkyl carbamates (subject to hydrolysis) is 2. The number of hydrogen-bond acceptors (Lipinski definition) is 14. The topological polar surface area (TPSA) is 219 Å². The summed E-state index contributed by atoms with van der Waals surface area (Å²) in [6.45, 7) is 5.33. The van der Waals surface area contributed by atoms with Crippen molar-refractivity contribution in [2.24, 2.45) is 11.7 Å². The van der Waals surface area contributed by atoms with Crippen LogP contribution in [0.3, 0.4) is 0 Å². The number of rotatable bonds is 15. The fourth-order valence-corrected chi connectivity index (χ4v) is 7.44. The minimum absolute atomic E-state index is 0.0507. The molecule has 1 aliphatic carbocycles. The number of carbonyl (C=O) groups excluding carboxylic acids is 2. The highest BCUT2D eigenvalue weighted by Crippen LogP contribution is 2.36. The van der Waals surface area contributed by atoms with Crippen molar-refractivity contribution >= 4 is 12.2 Å². The second-order valence-corrected chi connectivity index (χ2v) is 15.0. The van der Waals surface area contributed by atoms with E-state index in [-0.39, 0.29) is 31.3 Å². The number of ether oxygens (including phenoxy) is 8. The Hall–Kier alpha value is -3.94. The first kappa shape index (κ1) is 43.6. The third-order valence-corrected chi connectivity index (χ3v) is 10.7. The number of nitrogens with two attached hydrogens (primary N) is 1. The smallest absolute Gasteiger partial charge is 0.408 e. The quantitative estimate of drug-likeness (QED) is 0.143. The van der Waals surface area contributed by atoms with Crippen molar-refractivity contribution < 1.29 is 62.8 Å². The van der Waals surface area contributed by atoms with Gasteiger partial charge in [-0.1, -0.05) is 106 Å². The molecule has 16 heteroatoms. The predicted octanol–water partition coefficient (Wildman–Crippen LogP) is 2.92. The van der Waals surface area contributed by atoms with Crippen LogP contribution in [0.4, 0.5) is 9.59 Å². The lowest BCUT2D eigenvalue weighted by Crippen LogP contribution is -2.61. The first-order valence-corrected chi connectivity index (χ1v) is 20.0. The van der Waals surface area contributed by atoms with Gasteiger partial charge in [-0.05, 0) is 36.3 Å². The molecule has 2 aromatic rings. The number of carbonyl (C=O) groups is 2. The molecule has 2 fully saturated rings. The van der Waals surface area contributed by atoms with Gasteiger partial charge in [0, 0.05) is 6.04 Å². The number of amides is 2. The fourth-order valence-electron chi connectivity index (χ4n) is 7.44. The molecule has 4 aliphatic rings. The van der Waals surface area contributed by atoms with Crippen molar-refractivity contribution in [3.63, 3.8) is 0 Å². The van der Waals surface area contributed by atoms with Crippen LogP contribution < -0.4 is 16.4 Å². The molecule has 16 nitrogen and oxygen atoms in total. The molecule has 2 aromatic carbocycles. The van der Waals surface area contributed by atoms with E-state index in [0.29, 0.717) is 19.3 Å². The Morgan fingerprint density at radius 2 is 1.17 bits per heavy atom. The largest absolute Gasteiger partial charge is 0.445 e. The summed E-state index contributed by atoms with van der Waals surface area (Å²) >= 11 is 0. The Kier molecular flexibility index (Phi) is 15.7. The lowest BCUT2D eigenvalue weighted by Gasteiger charge is -2.45. The molecule has 3 heterocycles. The molecule has 2 amide bonds. The summed E-state index contributed by atoms with van der Waals surface area (Å²) in [6.07, 6.45) is -3.86. The monoisotopic (exact) mass is 811 g/mol. The van der Waals surface area contributed by atoms with Gasteiger partial charge >= 0.3 is 12.2 Å². The molecule has 1 saturated carbocycles. The van der Waals surface area contributed by atoms with Gasteiger partial charge in [-0.3, -0.25) is 0 Å². The number of nitrogens with one attached hydrogen (secondary N) is 2. The third kappa shape index (κ3) is 11.2. The molecule has 0 aromatic heterocycles. The molecule has 6 rings (SSSR count). The van der Waals surface area contributed by atoms with Crippen LogP contribution in [0.15, 0.2) is 85.0 Å². The molecule has 0 unspecified atom stereocenters. The van der Waals surface area contributed by atoms with E-state index in [4.69, 9.17) is 43.6 Å². The summed E-state index contributed by atoms with van der Waals surface area (Å²) in [4.78, 5) is 25.7. The second-order valence-electron chi connectivity index (χ2n) is 15.0. The van der Waals surface area contributed by atoms with Crippen LogP contribution in [0.25, 0.3) is 0 Å². The van der Waals surface area contributed by atoms with Crippen LogP contribution in [0, 0.1) is 5.92 Å². The molecule has 3 aliphatic heterocycles. The maximum Gasteiger partial charge on any atom is 0.408 e. The van der Waals surface area contributed by atoms with Gasteiger partial charge in [0.1, 0.15) is 49.7 Å². The molecular formula is C42H57N3O13. The van der Waals surface area contributed by atoms with Crippen molar-refractivity contribution in [1.29, 1.82) is 0 Å². The van der Waals surface area contributed by atoms with Crippen molar-refractivity contribution in [3.8, 4) is 0 Å². The summed E-state index contributed by atoms with van der Waals surface area (Å²) in [6, 6.07) is 16.2. The summed E-state index contributed by atoms with van der Waals surface area (Å²) in [5.41, 5.74) is 8.02. The van der Waals surface area contributed by atoms with E-state index in [1.165, 1.54) is 0 Å². The Morgan fingerprint density at radius 3 is 1.66 bits per heavy atom. The molecule has 0 bridgehead atoms. The average molecular weight is 812 g/mol. The summed E-state index contributed by atoms with van der Waals surface area (Å²) in [5, 5.41) is 39.1. The van der Waals surface area contributed by atoms with Gasteiger partial charge < -0.3 is 69.6 Å². The second kappa shape index (κ2) is 20.8. The minimum Gasteiger partial charge on any atom is -0.445 e. The summed E-state index contributed by atoms with van der Waals surface area (Å²) in [5.74, 6) is -0.287. The van der Waals surface area contributed by atoms with E-state index in [2.05, 4.69) is 10.6 Å². The van der Waals surface area contributed by atoms with Crippen LogP contribution in [0.5, 0.6) is 0 Å². The van der Waals surface area contributed by atoms with Gasteiger partial charge in [0.15, 0.2) is 18.9 Å². The van der Waals surface area contributed by atoms with E-state index < -0.39 is 92.4 Å². The van der Waals surface area contributed by atoms with Crippen LogP contribution >= 0.6 is 0 Å². The van der Waals surface area contributed by atoms with Gasteiger partial charge in [-0.15, -0.1) is 0 Å². The van der Waals surface area contributed by atoms with Crippen molar-refractivity contribution in [2.45, 2.75) is 139 Å². The zero-order chi connectivity index (χ0) is 41.2. The molecule has 7 N–H and O–H groups in total. The standard InChI is InChI=1S/C42H57N3O13/c1-4-27-16-18-30(44-41(49)51-22-25-12-8-6-9-13-25)38(53-27)56-35-24(3)20-29(43)33(47)37(35)58-40-34(48)36(32(21-46)55-40)57-39-31(19-17-28(5-2)54-39)45-42(50)52-23-26-14-10-7-11-15-26/h6-19,24,27-40,46-48H,4-5,20-23,43H2,1-3H3,(H,44,49)(H,45,50)/t24-,27+,28-,29+,30+,31+,32+,33-,34+,35+,36+,37+,38+,39+,40-/m0/s1. The fraction of sp³-hybridized carbons (Fsp3) is 0.571. The molecule has 15 atom stereocenters. The SMILES string of the molecule is CC[C@H]1C=C[C@@H](NC(=O)OCc2ccccc2)[C@@H](O[C@H]2[C@@H](O)[C@H](O[C@@H]3[C@@H](O)[C@H](N)C[C@H](C)[C@H]3O[C@H]3O[C@H](CC)C=C[C@H]3NC(=O)OCc3ccccc3)O[C@@H]2CO)O1. The highest BCUT2D eigenvalue weighted by Gasteiger charge is 2.52. The Morgan fingerprint density at radius 1 is 0.690 bits per heavy atom. The zero-order valence-electron chi connectivity index (χ0n) is 33.0. The highest BCUT2D eigenvalue weighted by molar-refractivity contribution is 5.68. The van der Waals surface area contributed by atoms with Gasteiger partial charge in [-0.25, -0.2) is 9.59 Å². The lowest BCUT2D eigenvalue weighted by atomic mass is 9.80. The van der Waals surface area contributed by atoms with E-state index >= 15 is 0 Å². The molecule has 0 spiro atoms. The number of benzene rings is 2. The molecular weight excluding hydrogens is 754 g/mol. The lowest BCUT2D eigenvalue weighted by molar-refractivity contribution is -0.286.